The molecule has 0 aliphatic carbocycles. The lowest BCUT2D eigenvalue weighted by molar-refractivity contribution is -0.395. The van der Waals surface area contributed by atoms with E-state index in [2.05, 4.69) is 5.10 Å². The maximum atomic E-state index is 12.7. The molecule has 1 aromatic heterocycles. The number of nitro groups is 2. The summed E-state index contributed by atoms with van der Waals surface area (Å²) in [5.74, 6) is -0.542. The molecule has 0 radical (unpaired) electrons. The van der Waals surface area contributed by atoms with E-state index in [1.54, 1.807) is 4.68 Å². The molecule has 0 aliphatic heterocycles. The monoisotopic (exact) mass is 361 g/mol. The van der Waals surface area contributed by atoms with Gasteiger partial charge in [-0.3, -0.25) is 29.7 Å². The largest absolute Gasteiger partial charge is 0.337 e. The molecule has 0 N–H and O–H groups in total. The van der Waals surface area contributed by atoms with Gasteiger partial charge >= 0.3 is 0 Å². The Morgan fingerprint density at radius 1 is 1.19 bits per heavy atom. The SMILES string of the molecule is CCn1cc(CN(C)C(=O)c2cc([N+](=O)[O-])c(C)c([N+](=O)[O-])c2)c(C)n1. The predicted octanol–water partition coefficient (Wildman–Crippen LogP) is 2.61. The molecule has 26 heavy (non-hydrogen) atoms. The molecule has 0 saturated heterocycles. The Morgan fingerprint density at radius 2 is 1.73 bits per heavy atom. The van der Waals surface area contributed by atoms with Gasteiger partial charge in [0, 0.05) is 44.0 Å². The van der Waals surface area contributed by atoms with Gasteiger partial charge in [0.05, 0.1) is 21.1 Å². The molecular formula is C16H19N5O5. The van der Waals surface area contributed by atoms with Gasteiger partial charge in [-0.15, -0.1) is 0 Å². The van der Waals surface area contributed by atoms with E-state index in [1.165, 1.54) is 18.9 Å². The van der Waals surface area contributed by atoms with Crippen molar-refractivity contribution in [3.63, 3.8) is 0 Å². The molecule has 0 aliphatic rings. The number of nitro benzene ring substituents is 2. The van der Waals surface area contributed by atoms with Gasteiger partial charge < -0.3 is 4.90 Å². The Bertz CT molecular complexity index is 854. The van der Waals surface area contributed by atoms with Crippen molar-refractivity contribution in [2.75, 3.05) is 7.05 Å². The Hall–Kier alpha value is -3.30. The fourth-order valence-corrected chi connectivity index (χ4v) is 2.61. The van der Waals surface area contributed by atoms with Crippen molar-refractivity contribution in [3.05, 3.63) is 60.9 Å². The number of carbonyl (C=O) groups is 1. The number of hydrogen-bond acceptors (Lipinski definition) is 6. The molecule has 1 amide bonds. The van der Waals surface area contributed by atoms with Crippen LogP contribution in [-0.2, 0) is 13.1 Å². The highest BCUT2D eigenvalue weighted by molar-refractivity contribution is 5.95. The Morgan fingerprint density at radius 3 is 2.15 bits per heavy atom. The fraction of sp³-hybridized carbons (Fsp3) is 0.375. The number of nitrogens with zero attached hydrogens (tertiary/aromatic N) is 5. The number of rotatable bonds is 6. The summed E-state index contributed by atoms with van der Waals surface area (Å²) in [5.41, 5.74) is 0.513. The molecule has 2 aromatic rings. The summed E-state index contributed by atoms with van der Waals surface area (Å²) in [4.78, 5) is 34.9. The van der Waals surface area contributed by atoms with Crippen LogP contribution in [0.15, 0.2) is 18.3 Å². The van der Waals surface area contributed by atoms with Crippen LogP contribution in [0.5, 0.6) is 0 Å². The molecule has 0 unspecified atom stereocenters. The zero-order valence-corrected chi connectivity index (χ0v) is 14.9. The van der Waals surface area contributed by atoms with E-state index < -0.39 is 27.1 Å². The van der Waals surface area contributed by atoms with Crippen LogP contribution in [-0.4, -0.2) is 37.5 Å². The van der Waals surface area contributed by atoms with Gasteiger partial charge in [-0.2, -0.15) is 5.10 Å². The molecule has 10 nitrogen and oxygen atoms in total. The van der Waals surface area contributed by atoms with Gasteiger partial charge in [-0.1, -0.05) is 0 Å². The third kappa shape index (κ3) is 3.68. The maximum absolute atomic E-state index is 12.7. The molecular weight excluding hydrogens is 342 g/mol. The van der Waals surface area contributed by atoms with E-state index in [0.29, 0.717) is 6.54 Å². The molecule has 1 aromatic carbocycles. The van der Waals surface area contributed by atoms with Gasteiger partial charge in [0.1, 0.15) is 5.56 Å². The first-order chi connectivity index (χ1) is 12.1. The lowest BCUT2D eigenvalue weighted by Gasteiger charge is -2.17. The molecule has 0 atom stereocenters. The Balaban J connectivity index is 2.37. The maximum Gasteiger partial charge on any atom is 0.279 e. The average Bonchev–Trinajstić information content (AvgIpc) is 2.93. The molecule has 10 heteroatoms. The van der Waals surface area contributed by atoms with Crippen LogP contribution >= 0.6 is 0 Å². The van der Waals surface area contributed by atoms with Gasteiger partial charge in [0.2, 0.25) is 0 Å². The second-order valence-electron chi connectivity index (χ2n) is 5.91. The topological polar surface area (TPSA) is 124 Å². The van der Waals surface area contributed by atoms with Gasteiger partial charge in [0.25, 0.3) is 17.3 Å². The summed E-state index contributed by atoms with van der Waals surface area (Å²) in [6.45, 7) is 5.97. The number of benzene rings is 1. The first-order valence-corrected chi connectivity index (χ1v) is 7.87. The quantitative estimate of drug-likeness (QED) is 0.575. The average molecular weight is 361 g/mol. The molecule has 1 heterocycles. The highest BCUT2D eigenvalue weighted by Crippen LogP contribution is 2.30. The van der Waals surface area contributed by atoms with Crippen molar-refractivity contribution < 1.29 is 14.6 Å². The number of aromatic nitrogens is 2. The summed E-state index contributed by atoms with van der Waals surface area (Å²) in [6, 6.07) is 2.15. The van der Waals surface area contributed by atoms with Crippen LogP contribution in [0.3, 0.4) is 0 Å². The lowest BCUT2D eigenvalue weighted by atomic mass is 10.1. The van der Waals surface area contributed by atoms with Gasteiger partial charge in [-0.05, 0) is 20.8 Å². The van der Waals surface area contributed by atoms with E-state index in [9.17, 15) is 25.0 Å². The van der Waals surface area contributed by atoms with Crippen LogP contribution in [0.2, 0.25) is 0 Å². The molecule has 0 saturated carbocycles. The molecule has 2 rings (SSSR count). The van der Waals surface area contributed by atoms with Crippen LogP contribution in [0, 0.1) is 34.1 Å². The summed E-state index contributed by atoms with van der Waals surface area (Å²) >= 11 is 0. The second-order valence-corrected chi connectivity index (χ2v) is 5.91. The summed E-state index contributed by atoms with van der Waals surface area (Å²) < 4.78 is 1.74. The van der Waals surface area contributed by atoms with Crippen LogP contribution < -0.4 is 0 Å². The second kappa shape index (κ2) is 7.30. The van der Waals surface area contributed by atoms with E-state index in [-0.39, 0.29) is 17.7 Å². The third-order valence-corrected chi connectivity index (χ3v) is 4.12. The van der Waals surface area contributed by atoms with Crippen molar-refractivity contribution in [2.45, 2.75) is 33.9 Å². The predicted molar refractivity (Wildman–Crippen MR) is 92.9 cm³/mol. The van der Waals surface area contributed by atoms with Crippen LogP contribution in [0.4, 0.5) is 11.4 Å². The zero-order chi connectivity index (χ0) is 19.6. The summed E-state index contributed by atoms with van der Waals surface area (Å²) in [6.07, 6.45) is 1.82. The lowest BCUT2D eigenvalue weighted by Crippen LogP contribution is -2.26. The first-order valence-electron chi connectivity index (χ1n) is 7.87. The smallest absolute Gasteiger partial charge is 0.279 e. The van der Waals surface area contributed by atoms with E-state index in [4.69, 9.17) is 0 Å². The van der Waals surface area contributed by atoms with Crippen LogP contribution in [0.25, 0.3) is 0 Å². The van der Waals surface area contributed by atoms with Crippen LogP contribution in [0.1, 0.15) is 34.1 Å². The number of amides is 1. The van der Waals surface area contributed by atoms with E-state index >= 15 is 0 Å². The molecule has 0 fully saturated rings. The van der Waals surface area contributed by atoms with Crippen molar-refractivity contribution in [2.24, 2.45) is 0 Å². The Labute approximate surface area is 149 Å². The minimum absolute atomic E-state index is 0.0840. The fourth-order valence-electron chi connectivity index (χ4n) is 2.61. The highest BCUT2D eigenvalue weighted by atomic mass is 16.6. The van der Waals surface area contributed by atoms with Gasteiger partial charge in [-0.25, -0.2) is 0 Å². The molecule has 0 spiro atoms. The minimum atomic E-state index is -0.728. The van der Waals surface area contributed by atoms with Gasteiger partial charge in [0.15, 0.2) is 0 Å². The van der Waals surface area contributed by atoms with Crippen molar-refractivity contribution in [1.82, 2.24) is 14.7 Å². The number of carbonyl (C=O) groups excluding carboxylic acids is 1. The van der Waals surface area contributed by atoms with Crippen molar-refractivity contribution in [3.8, 4) is 0 Å². The van der Waals surface area contributed by atoms with Crippen molar-refractivity contribution >= 4 is 17.3 Å². The summed E-state index contributed by atoms with van der Waals surface area (Å²) in [5, 5.41) is 26.6. The minimum Gasteiger partial charge on any atom is -0.337 e. The highest BCUT2D eigenvalue weighted by Gasteiger charge is 2.26. The van der Waals surface area contributed by atoms with E-state index in [0.717, 1.165) is 23.4 Å². The van der Waals surface area contributed by atoms with Crippen molar-refractivity contribution in [1.29, 1.82) is 0 Å². The summed E-state index contributed by atoms with van der Waals surface area (Å²) in [7, 11) is 1.53. The molecule has 138 valence electrons. The molecule has 0 bridgehead atoms. The zero-order valence-electron chi connectivity index (χ0n) is 14.9. The normalized spacial score (nSPS) is 10.6. The third-order valence-electron chi connectivity index (χ3n) is 4.12. The standard InChI is InChI=1S/C16H19N5O5/c1-5-19-9-13(11(3)17-19)8-18(4)16(22)12-6-14(20(23)24)10(2)15(7-12)21(25)26/h6-7,9H,5,8H2,1-4H3. The number of hydrogen-bond donors (Lipinski definition) is 0. The first kappa shape index (κ1) is 19.0. The Kier molecular flexibility index (Phi) is 5.34. The number of aryl methyl sites for hydroxylation is 2. The van der Waals surface area contributed by atoms with E-state index in [1.807, 2.05) is 20.0 Å².